The number of ether oxygens (including phenoxy) is 2. The molecule has 0 amide bonds. The van der Waals surface area contributed by atoms with Crippen LogP contribution in [0, 0.1) is 3.57 Å². The highest BCUT2D eigenvalue weighted by Crippen LogP contribution is 2.11. The molecule has 0 aliphatic carbocycles. The normalized spacial score (nSPS) is 8.88. The van der Waals surface area contributed by atoms with Gasteiger partial charge in [-0.05, 0) is 59.0 Å². The number of hydrogen-bond donors (Lipinski definition) is 0. The van der Waals surface area contributed by atoms with E-state index in [-0.39, 0.29) is 0 Å². The predicted molar refractivity (Wildman–Crippen MR) is 78.7 cm³/mol. The standard InChI is InChI=1S/C7H7IO.C7H8O/c1-9-7-4-2-6(8)3-5-7;1-8-7-5-3-2-4-6-7/h2-5H,1H3;2-6H,1H3. The number of rotatable bonds is 2. The van der Waals surface area contributed by atoms with Crippen LogP contribution in [0.3, 0.4) is 0 Å². The van der Waals surface area contributed by atoms with Crippen LogP contribution in [0.25, 0.3) is 0 Å². The minimum atomic E-state index is 0.910. The van der Waals surface area contributed by atoms with Crippen molar-refractivity contribution < 1.29 is 9.47 Å². The van der Waals surface area contributed by atoms with E-state index in [1.54, 1.807) is 14.2 Å². The quantitative estimate of drug-likeness (QED) is 0.769. The lowest BCUT2D eigenvalue weighted by Crippen LogP contribution is -1.80. The van der Waals surface area contributed by atoms with E-state index >= 15 is 0 Å². The van der Waals surface area contributed by atoms with Crippen LogP contribution in [0.4, 0.5) is 0 Å². The Labute approximate surface area is 116 Å². The van der Waals surface area contributed by atoms with Gasteiger partial charge in [0, 0.05) is 3.57 Å². The Hall–Kier alpha value is -1.23. The summed E-state index contributed by atoms with van der Waals surface area (Å²) in [7, 11) is 3.33. The smallest absolute Gasteiger partial charge is 0.118 e. The number of methoxy groups -OCH3 is 2. The zero-order valence-electron chi connectivity index (χ0n) is 9.89. The van der Waals surface area contributed by atoms with Crippen LogP contribution in [0.2, 0.25) is 0 Å². The average molecular weight is 342 g/mol. The molecule has 0 fully saturated rings. The summed E-state index contributed by atoms with van der Waals surface area (Å²) in [5, 5.41) is 0. The summed E-state index contributed by atoms with van der Waals surface area (Å²) in [6.07, 6.45) is 0. The molecule has 2 rings (SSSR count). The van der Waals surface area contributed by atoms with Crippen LogP contribution in [0.1, 0.15) is 0 Å². The van der Waals surface area contributed by atoms with Gasteiger partial charge in [-0.25, -0.2) is 0 Å². The zero-order valence-corrected chi connectivity index (χ0v) is 12.0. The minimum absolute atomic E-state index is 0.910. The highest BCUT2D eigenvalue weighted by Gasteiger charge is 1.86. The molecule has 0 aliphatic heterocycles. The molecule has 0 N–H and O–H groups in total. The van der Waals surface area contributed by atoms with E-state index in [0.717, 1.165) is 11.5 Å². The molecule has 0 unspecified atom stereocenters. The van der Waals surface area contributed by atoms with Crippen molar-refractivity contribution in [2.24, 2.45) is 0 Å². The van der Waals surface area contributed by atoms with Gasteiger partial charge in [-0.2, -0.15) is 0 Å². The van der Waals surface area contributed by atoms with E-state index in [4.69, 9.17) is 9.47 Å². The summed E-state index contributed by atoms with van der Waals surface area (Å²) in [5.74, 6) is 1.82. The van der Waals surface area contributed by atoms with Gasteiger partial charge in [0.05, 0.1) is 14.2 Å². The van der Waals surface area contributed by atoms with E-state index in [0.29, 0.717) is 0 Å². The highest BCUT2D eigenvalue weighted by atomic mass is 127. The Morgan fingerprint density at radius 1 is 0.706 bits per heavy atom. The van der Waals surface area contributed by atoms with Crippen molar-refractivity contribution in [2.45, 2.75) is 0 Å². The summed E-state index contributed by atoms with van der Waals surface area (Å²) in [6.45, 7) is 0. The van der Waals surface area contributed by atoms with Gasteiger partial charge in [-0.1, -0.05) is 18.2 Å². The predicted octanol–water partition coefficient (Wildman–Crippen LogP) is 4.00. The maximum absolute atomic E-state index is 4.97. The van der Waals surface area contributed by atoms with Crippen molar-refractivity contribution in [2.75, 3.05) is 14.2 Å². The van der Waals surface area contributed by atoms with Gasteiger partial charge in [0.15, 0.2) is 0 Å². The van der Waals surface area contributed by atoms with Crippen LogP contribution in [0.15, 0.2) is 54.6 Å². The van der Waals surface area contributed by atoms with Gasteiger partial charge in [-0.15, -0.1) is 0 Å². The fraction of sp³-hybridized carbons (Fsp3) is 0.143. The third kappa shape index (κ3) is 5.58. The van der Waals surface area contributed by atoms with Crippen molar-refractivity contribution in [3.63, 3.8) is 0 Å². The molecule has 2 nitrogen and oxygen atoms in total. The topological polar surface area (TPSA) is 18.5 Å². The first-order valence-electron chi connectivity index (χ1n) is 5.15. The first kappa shape index (κ1) is 13.8. The molecule has 2 aromatic rings. The number of para-hydroxylation sites is 1. The van der Waals surface area contributed by atoms with Crippen molar-refractivity contribution in [1.82, 2.24) is 0 Å². The molecule has 0 saturated carbocycles. The summed E-state index contributed by atoms with van der Waals surface area (Å²) in [6, 6.07) is 17.6. The van der Waals surface area contributed by atoms with Gasteiger partial charge in [0.25, 0.3) is 0 Å². The van der Waals surface area contributed by atoms with Crippen molar-refractivity contribution in [3.05, 3.63) is 58.2 Å². The molecule has 90 valence electrons. The molecule has 0 atom stereocenters. The summed E-state index contributed by atoms with van der Waals surface area (Å²) in [5.41, 5.74) is 0. The minimum Gasteiger partial charge on any atom is -0.497 e. The Kier molecular flexibility index (Phi) is 6.47. The fourth-order valence-corrected chi connectivity index (χ4v) is 1.49. The highest BCUT2D eigenvalue weighted by molar-refractivity contribution is 14.1. The Morgan fingerprint density at radius 3 is 1.59 bits per heavy atom. The van der Waals surface area contributed by atoms with Crippen LogP contribution < -0.4 is 9.47 Å². The Bertz CT molecular complexity index is 412. The molecule has 0 heterocycles. The maximum atomic E-state index is 4.97. The van der Waals surface area contributed by atoms with E-state index in [1.165, 1.54) is 3.57 Å². The van der Waals surface area contributed by atoms with Crippen molar-refractivity contribution in [3.8, 4) is 11.5 Å². The van der Waals surface area contributed by atoms with Crippen molar-refractivity contribution >= 4 is 22.6 Å². The molecule has 17 heavy (non-hydrogen) atoms. The third-order valence-corrected chi connectivity index (χ3v) is 2.75. The molecule has 0 bridgehead atoms. The summed E-state index contributed by atoms with van der Waals surface area (Å²) < 4.78 is 11.1. The van der Waals surface area contributed by atoms with Gasteiger partial charge in [0.2, 0.25) is 0 Å². The molecule has 0 radical (unpaired) electrons. The lowest BCUT2D eigenvalue weighted by molar-refractivity contribution is 0.414. The van der Waals surface area contributed by atoms with Crippen molar-refractivity contribution in [1.29, 1.82) is 0 Å². The summed E-state index contributed by atoms with van der Waals surface area (Å²) >= 11 is 2.26. The lowest BCUT2D eigenvalue weighted by Gasteiger charge is -1.96. The van der Waals surface area contributed by atoms with Crippen LogP contribution in [-0.2, 0) is 0 Å². The SMILES string of the molecule is COc1ccc(I)cc1.COc1ccccc1. The third-order valence-electron chi connectivity index (χ3n) is 2.03. The number of halogens is 1. The second kappa shape index (κ2) is 7.95. The Morgan fingerprint density at radius 2 is 1.18 bits per heavy atom. The summed E-state index contributed by atoms with van der Waals surface area (Å²) in [4.78, 5) is 0. The van der Waals surface area contributed by atoms with Gasteiger partial charge < -0.3 is 9.47 Å². The first-order chi connectivity index (χ1) is 8.26. The zero-order chi connectivity index (χ0) is 12.5. The molecular formula is C14H15IO2. The molecule has 0 spiro atoms. The van der Waals surface area contributed by atoms with E-state index in [2.05, 4.69) is 22.6 Å². The van der Waals surface area contributed by atoms with Crippen LogP contribution in [-0.4, -0.2) is 14.2 Å². The number of benzene rings is 2. The maximum Gasteiger partial charge on any atom is 0.118 e. The largest absolute Gasteiger partial charge is 0.497 e. The van der Waals surface area contributed by atoms with Gasteiger partial charge >= 0.3 is 0 Å². The average Bonchev–Trinajstić information content (AvgIpc) is 2.41. The molecule has 0 saturated heterocycles. The monoisotopic (exact) mass is 342 g/mol. The second-order valence-electron chi connectivity index (χ2n) is 3.18. The lowest BCUT2D eigenvalue weighted by atomic mass is 10.3. The molecule has 2 aromatic carbocycles. The van der Waals surface area contributed by atoms with Crippen LogP contribution >= 0.6 is 22.6 Å². The molecular weight excluding hydrogens is 327 g/mol. The Balaban J connectivity index is 0.000000171. The molecule has 0 aromatic heterocycles. The molecule has 0 aliphatic rings. The van der Waals surface area contributed by atoms with Crippen LogP contribution in [0.5, 0.6) is 11.5 Å². The molecule has 3 heteroatoms. The van der Waals surface area contributed by atoms with Gasteiger partial charge in [0.1, 0.15) is 11.5 Å². The number of hydrogen-bond acceptors (Lipinski definition) is 2. The first-order valence-corrected chi connectivity index (χ1v) is 6.22. The fourth-order valence-electron chi connectivity index (χ4n) is 1.13. The van der Waals surface area contributed by atoms with E-state index < -0.39 is 0 Å². The van der Waals surface area contributed by atoms with E-state index in [1.807, 2.05) is 54.6 Å². The second-order valence-corrected chi connectivity index (χ2v) is 4.42. The van der Waals surface area contributed by atoms with E-state index in [9.17, 15) is 0 Å². The van der Waals surface area contributed by atoms with Gasteiger partial charge in [-0.3, -0.25) is 0 Å².